The Labute approximate surface area is 176 Å². The van der Waals surface area contributed by atoms with Gasteiger partial charge in [-0.05, 0) is 55.5 Å². The minimum atomic E-state index is -0.278. The second-order valence-corrected chi connectivity index (χ2v) is 8.32. The van der Waals surface area contributed by atoms with E-state index in [-0.39, 0.29) is 23.7 Å². The smallest absolute Gasteiger partial charge is 0.251 e. The largest absolute Gasteiger partial charge is 0.351 e. The lowest BCUT2D eigenvalue weighted by Gasteiger charge is -2.48. The molecule has 2 saturated heterocycles. The number of hydrogen-bond donors (Lipinski definition) is 2. The summed E-state index contributed by atoms with van der Waals surface area (Å²) >= 11 is 0. The summed E-state index contributed by atoms with van der Waals surface area (Å²) in [5, 5.41) is 6.14. The highest BCUT2D eigenvalue weighted by atomic mass is 19.1. The summed E-state index contributed by atoms with van der Waals surface area (Å²) in [6, 6.07) is 16.3. The highest BCUT2D eigenvalue weighted by Crippen LogP contribution is 2.34. The van der Waals surface area contributed by atoms with Crippen molar-refractivity contribution in [3.05, 3.63) is 71.5 Å². The van der Waals surface area contributed by atoms with E-state index in [4.69, 9.17) is 0 Å². The third-order valence-electron chi connectivity index (χ3n) is 6.23. The van der Waals surface area contributed by atoms with Gasteiger partial charge in [0.15, 0.2) is 0 Å². The molecule has 4 rings (SSSR count). The quantitative estimate of drug-likeness (QED) is 0.770. The van der Waals surface area contributed by atoms with Crippen molar-refractivity contribution in [1.29, 1.82) is 0 Å². The van der Waals surface area contributed by atoms with Crippen LogP contribution < -0.4 is 10.6 Å². The second-order valence-electron chi connectivity index (χ2n) is 8.32. The maximum Gasteiger partial charge on any atom is 0.251 e. The highest BCUT2D eigenvalue weighted by Gasteiger charge is 2.39. The molecule has 0 saturated carbocycles. The Morgan fingerprint density at radius 1 is 0.967 bits per heavy atom. The second kappa shape index (κ2) is 9.39. The number of nitrogens with zero attached hydrogens (tertiary/aromatic N) is 1. The van der Waals surface area contributed by atoms with Crippen LogP contribution in [0.3, 0.4) is 0 Å². The molecule has 5 nitrogen and oxygen atoms in total. The van der Waals surface area contributed by atoms with Gasteiger partial charge in [0, 0.05) is 30.2 Å². The van der Waals surface area contributed by atoms with Crippen LogP contribution >= 0.6 is 0 Å². The molecule has 2 aliphatic rings. The Bertz CT molecular complexity index is 858. The molecule has 2 aromatic carbocycles. The van der Waals surface area contributed by atoms with Crippen LogP contribution in [0.1, 0.15) is 48.0 Å². The first-order chi connectivity index (χ1) is 14.6. The Morgan fingerprint density at radius 2 is 1.63 bits per heavy atom. The number of fused-ring (bicyclic) bond motifs is 2. The molecule has 0 radical (unpaired) electrons. The Morgan fingerprint density at radius 3 is 2.30 bits per heavy atom. The summed E-state index contributed by atoms with van der Waals surface area (Å²) in [4.78, 5) is 27.4. The number of carbonyl (C=O) groups is 2. The van der Waals surface area contributed by atoms with E-state index in [9.17, 15) is 14.0 Å². The van der Waals surface area contributed by atoms with Crippen molar-refractivity contribution in [2.75, 3.05) is 6.54 Å². The fourth-order valence-electron chi connectivity index (χ4n) is 4.74. The normalized spacial score (nSPS) is 23.6. The van der Waals surface area contributed by atoms with Gasteiger partial charge in [-0.25, -0.2) is 4.39 Å². The van der Waals surface area contributed by atoms with E-state index < -0.39 is 0 Å². The molecule has 2 atom stereocenters. The van der Waals surface area contributed by atoms with E-state index in [1.54, 1.807) is 12.1 Å². The summed E-state index contributed by atoms with van der Waals surface area (Å²) in [6.07, 6.45) is 5.03. The molecule has 2 N–H and O–H groups in total. The number of amides is 2. The number of carbonyl (C=O) groups excluding carboxylic acids is 2. The van der Waals surface area contributed by atoms with Gasteiger partial charge in [-0.1, -0.05) is 36.8 Å². The van der Waals surface area contributed by atoms with Crippen molar-refractivity contribution in [2.24, 2.45) is 0 Å². The summed E-state index contributed by atoms with van der Waals surface area (Å²) in [6.45, 7) is 0.772. The molecule has 0 spiro atoms. The fraction of sp³-hybridized carbons (Fsp3) is 0.417. The van der Waals surface area contributed by atoms with Crippen LogP contribution in [0.4, 0.5) is 4.39 Å². The monoisotopic (exact) mass is 409 g/mol. The highest BCUT2D eigenvalue weighted by molar-refractivity contribution is 5.94. The molecule has 2 fully saturated rings. The van der Waals surface area contributed by atoms with Crippen LogP contribution in [0.25, 0.3) is 0 Å². The van der Waals surface area contributed by atoms with Gasteiger partial charge in [0.1, 0.15) is 5.82 Å². The number of piperidine rings is 2. The number of rotatable bonds is 6. The zero-order chi connectivity index (χ0) is 20.9. The van der Waals surface area contributed by atoms with Crippen molar-refractivity contribution >= 4 is 11.8 Å². The van der Waals surface area contributed by atoms with Gasteiger partial charge in [-0.2, -0.15) is 0 Å². The van der Waals surface area contributed by atoms with Crippen LogP contribution in [0, 0.1) is 5.82 Å². The van der Waals surface area contributed by atoms with Gasteiger partial charge in [0.25, 0.3) is 5.91 Å². The third kappa shape index (κ3) is 5.05. The average Bonchev–Trinajstić information content (AvgIpc) is 2.74. The summed E-state index contributed by atoms with van der Waals surface area (Å²) < 4.78 is 13.0. The predicted octanol–water partition coefficient (Wildman–Crippen LogP) is 3.26. The van der Waals surface area contributed by atoms with Crippen molar-refractivity contribution in [2.45, 2.75) is 56.8 Å². The van der Waals surface area contributed by atoms with Crippen LogP contribution in [-0.4, -0.2) is 41.4 Å². The zero-order valence-corrected chi connectivity index (χ0v) is 17.0. The van der Waals surface area contributed by atoms with Gasteiger partial charge < -0.3 is 10.6 Å². The van der Waals surface area contributed by atoms with Crippen LogP contribution in [0.5, 0.6) is 0 Å². The molecule has 158 valence electrons. The molecular formula is C24H28FN3O2. The first kappa shape index (κ1) is 20.5. The lowest BCUT2D eigenvalue weighted by Crippen LogP contribution is -2.58. The van der Waals surface area contributed by atoms with Crippen LogP contribution in [-0.2, 0) is 11.3 Å². The van der Waals surface area contributed by atoms with Crippen LogP contribution in [0.2, 0.25) is 0 Å². The molecular weight excluding hydrogens is 381 g/mol. The van der Waals surface area contributed by atoms with E-state index in [0.29, 0.717) is 30.7 Å². The molecule has 2 amide bonds. The lowest BCUT2D eigenvalue weighted by atomic mass is 9.81. The molecule has 2 aromatic rings. The molecule has 2 bridgehead atoms. The molecule has 30 heavy (non-hydrogen) atoms. The van der Waals surface area contributed by atoms with E-state index in [2.05, 4.69) is 15.5 Å². The Kier molecular flexibility index (Phi) is 6.43. The Balaban J connectivity index is 1.30. The zero-order valence-electron chi connectivity index (χ0n) is 17.0. The third-order valence-corrected chi connectivity index (χ3v) is 6.23. The lowest BCUT2D eigenvalue weighted by molar-refractivity contribution is -0.125. The number of halogens is 1. The minimum Gasteiger partial charge on any atom is -0.351 e. The average molecular weight is 410 g/mol. The maximum absolute atomic E-state index is 13.0. The molecule has 2 unspecified atom stereocenters. The van der Waals surface area contributed by atoms with Gasteiger partial charge in [-0.15, -0.1) is 0 Å². The standard InChI is InChI=1S/C24H28FN3O2/c25-19-11-9-17(10-12-19)15-26-23(29)16-28-21-7-4-8-22(28)14-20(13-21)27-24(30)18-5-2-1-3-6-18/h1-3,5-6,9-12,20-22H,4,7-8,13-16H2,(H,26,29)(H,27,30). The summed E-state index contributed by atoms with van der Waals surface area (Å²) in [5.74, 6) is -0.313. The molecule has 2 aliphatic heterocycles. The number of nitrogens with one attached hydrogen (secondary N) is 2. The Hall–Kier alpha value is -2.73. The molecule has 6 heteroatoms. The van der Waals surface area contributed by atoms with E-state index in [1.807, 2.05) is 30.3 Å². The number of hydrogen-bond acceptors (Lipinski definition) is 3. The topological polar surface area (TPSA) is 61.4 Å². The van der Waals surface area contributed by atoms with E-state index >= 15 is 0 Å². The SMILES string of the molecule is O=C(CN1C2CCCC1CC(NC(=O)c1ccccc1)C2)NCc1ccc(F)cc1. The fourth-order valence-corrected chi connectivity index (χ4v) is 4.74. The molecule has 0 aliphatic carbocycles. The van der Waals surface area contributed by atoms with Crippen molar-refractivity contribution in [3.63, 3.8) is 0 Å². The predicted molar refractivity (Wildman–Crippen MR) is 113 cm³/mol. The van der Waals surface area contributed by atoms with Gasteiger partial charge in [-0.3, -0.25) is 14.5 Å². The van der Waals surface area contributed by atoms with Gasteiger partial charge >= 0.3 is 0 Å². The minimum absolute atomic E-state index is 0.0111. The van der Waals surface area contributed by atoms with Gasteiger partial charge in [0.05, 0.1) is 6.54 Å². The van der Waals surface area contributed by atoms with Crippen molar-refractivity contribution < 1.29 is 14.0 Å². The summed E-state index contributed by atoms with van der Waals surface area (Å²) in [5.41, 5.74) is 1.57. The van der Waals surface area contributed by atoms with E-state index in [0.717, 1.165) is 31.2 Å². The van der Waals surface area contributed by atoms with E-state index in [1.165, 1.54) is 18.6 Å². The molecule has 0 aromatic heterocycles. The number of benzene rings is 2. The first-order valence-corrected chi connectivity index (χ1v) is 10.7. The maximum atomic E-state index is 13.0. The molecule has 2 heterocycles. The van der Waals surface area contributed by atoms with Gasteiger partial charge in [0.2, 0.25) is 5.91 Å². The van der Waals surface area contributed by atoms with Crippen LogP contribution in [0.15, 0.2) is 54.6 Å². The summed E-state index contributed by atoms with van der Waals surface area (Å²) in [7, 11) is 0. The first-order valence-electron chi connectivity index (χ1n) is 10.7. The van der Waals surface area contributed by atoms with Crippen molar-refractivity contribution in [1.82, 2.24) is 15.5 Å². The van der Waals surface area contributed by atoms with Crippen molar-refractivity contribution in [3.8, 4) is 0 Å².